The van der Waals surface area contributed by atoms with Gasteiger partial charge in [-0.05, 0) is 35.9 Å². The summed E-state index contributed by atoms with van der Waals surface area (Å²) >= 11 is 6.03. The number of aromatic nitrogens is 2. The van der Waals surface area contributed by atoms with E-state index in [1.165, 1.54) is 0 Å². The number of nitrogens with zero attached hydrogens (tertiary/aromatic N) is 3. The molecule has 5 rings (SSSR count). The average molecular weight is 340 g/mol. The Kier molecular flexibility index (Phi) is 2.88. The number of anilines is 1. The lowest BCUT2D eigenvalue weighted by molar-refractivity contribution is -0.124. The van der Waals surface area contributed by atoms with Gasteiger partial charge in [0.25, 0.3) is 5.91 Å². The molecule has 24 heavy (non-hydrogen) atoms. The van der Waals surface area contributed by atoms with Gasteiger partial charge in [0.15, 0.2) is 6.10 Å². The molecule has 6 heteroatoms. The highest BCUT2D eigenvalue weighted by molar-refractivity contribution is 6.30. The normalized spacial score (nSPS) is 18.5. The summed E-state index contributed by atoms with van der Waals surface area (Å²) in [6.07, 6.45) is 0.0377. The third-order valence-corrected chi connectivity index (χ3v) is 4.90. The van der Waals surface area contributed by atoms with Crippen LogP contribution in [0, 0.1) is 0 Å². The van der Waals surface area contributed by atoms with Crippen molar-refractivity contribution < 1.29 is 9.53 Å². The fraction of sp³-hybridized carbons (Fsp3) is 0.222. The van der Waals surface area contributed by atoms with Gasteiger partial charge in [-0.25, -0.2) is 4.98 Å². The highest BCUT2D eigenvalue weighted by Gasteiger charge is 2.37. The first-order valence-electron chi connectivity index (χ1n) is 7.92. The lowest BCUT2D eigenvalue weighted by atomic mass is 10.1. The van der Waals surface area contributed by atoms with Crippen molar-refractivity contribution in [3.8, 4) is 5.75 Å². The van der Waals surface area contributed by atoms with Crippen LogP contribution in [0.25, 0.3) is 11.0 Å². The van der Waals surface area contributed by atoms with Crippen molar-refractivity contribution in [3.05, 3.63) is 53.1 Å². The first kappa shape index (κ1) is 13.9. The summed E-state index contributed by atoms with van der Waals surface area (Å²) in [5.74, 6) is 1.40. The van der Waals surface area contributed by atoms with Crippen LogP contribution in [0.1, 0.15) is 5.56 Å². The molecule has 1 amide bonds. The van der Waals surface area contributed by atoms with Gasteiger partial charge in [-0.2, -0.15) is 0 Å². The Hall–Kier alpha value is -2.53. The quantitative estimate of drug-likeness (QED) is 0.684. The van der Waals surface area contributed by atoms with Crippen molar-refractivity contribution in [2.24, 2.45) is 0 Å². The van der Waals surface area contributed by atoms with Crippen molar-refractivity contribution in [1.29, 1.82) is 0 Å². The van der Waals surface area contributed by atoms with Gasteiger partial charge >= 0.3 is 0 Å². The topological polar surface area (TPSA) is 47.4 Å². The Labute approximate surface area is 143 Å². The van der Waals surface area contributed by atoms with E-state index in [9.17, 15) is 4.79 Å². The number of hydrogen-bond acceptors (Lipinski definition) is 3. The van der Waals surface area contributed by atoms with Crippen molar-refractivity contribution in [2.75, 3.05) is 11.4 Å². The van der Waals surface area contributed by atoms with Crippen LogP contribution in [0.15, 0.2) is 42.5 Å². The summed E-state index contributed by atoms with van der Waals surface area (Å²) in [6.45, 7) is 1.38. The fourth-order valence-electron chi connectivity index (χ4n) is 3.53. The second-order valence-corrected chi connectivity index (χ2v) is 6.54. The minimum absolute atomic E-state index is 0.0450. The number of rotatable bonds is 1. The molecule has 2 aliphatic heterocycles. The largest absolute Gasteiger partial charge is 0.480 e. The molecule has 0 spiro atoms. The van der Waals surface area contributed by atoms with E-state index in [2.05, 4.69) is 9.55 Å². The smallest absolute Gasteiger partial charge is 0.270 e. The van der Waals surface area contributed by atoms with Gasteiger partial charge in [0, 0.05) is 24.5 Å². The maximum Gasteiger partial charge on any atom is 0.270 e. The van der Waals surface area contributed by atoms with Gasteiger partial charge in [-0.15, -0.1) is 0 Å². The number of hydrogen-bond donors (Lipinski definition) is 0. The van der Waals surface area contributed by atoms with Gasteiger partial charge in [-0.1, -0.05) is 23.7 Å². The van der Waals surface area contributed by atoms with Crippen molar-refractivity contribution in [2.45, 2.75) is 19.1 Å². The number of ether oxygens (including phenoxy) is 1. The highest BCUT2D eigenvalue weighted by atomic mass is 35.5. The number of carbonyl (C=O) groups excluding carboxylic acids is 1. The van der Waals surface area contributed by atoms with Crippen molar-refractivity contribution in [1.82, 2.24) is 9.55 Å². The van der Waals surface area contributed by atoms with Crippen LogP contribution in [0.3, 0.4) is 0 Å². The van der Waals surface area contributed by atoms with E-state index >= 15 is 0 Å². The zero-order chi connectivity index (χ0) is 16.3. The molecule has 0 bridgehead atoms. The molecule has 0 N–H and O–H groups in total. The Morgan fingerprint density at radius 3 is 3.00 bits per heavy atom. The van der Waals surface area contributed by atoms with Crippen molar-refractivity contribution in [3.63, 3.8) is 0 Å². The van der Waals surface area contributed by atoms with Gasteiger partial charge in [0.05, 0.1) is 11.0 Å². The van der Waals surface area contributed by atoms with Crippen LogP contribution < -0.4 is 9.64 Å². The zero-order valence-corrected chi connectivity index (χ0v) is 13.5. The fourth-order valence-corrected chi connectivity index (χ4v) is 3.72. The summed E-state index contributed by atoms with van der Waals surface area (Å²) < 4.78 is 7.93. The van der Waals surface area contributed by atoms with Crippen LogP contribution in [0.2, 0.25) is 5.02 Å². The van der Waals surface area contributed by atoms with Crippen molar-refractivity contribution >= 4 is 34.5 Å². The second-order valence-electron chi connectivity index (χ2n) is 6.10. The molecule has 0 aliphatic carbocycles. The summed E-state index contributed by atoms with van der Waals surface area (Å²) in [4.78, 5) is 19.3. The molecule has 2 aromatic carbocycles. The standard InChI is InChI=1S/C18H14ClN3O2/c19-12-5-6-15-11(9-12)10-16(24-15)17(23)22-8-7-21-14-4-2-1-3-13(14)20-18(21)22/h1-6,9,16H,7-8,10H2/t16-/m0/s1. The Bertz CT molecular complexity index is 982. The van der Waals surface area contributed by atoms with E-state index in [1.807, 2.05) is 36.4 Å². The Balaban J connectivity index is 1.46. The van der Waals surface area contributed by atoms with E-state index in [-0.39, 0.29) is 5.91 Å². The Morgan fingerprint density at radius 2 is 2.08 bits per heavy atom. The molecular formula is C18H14ClN3O2. The second kappa shape index (κ2) is 4.98. The molecule has 0 fully saturated rings. The number of carbonyl (C=O) groups is 1. The molecule has 1 aromatic heterocycles. The number of amides is 1. The summed E-state index contributed by atoms with van der Waals surface area (Å²) in [5, 5.41) is 0.661. The van der Waals surface area contributed by atoms with E-state index in [4.69, 9.17) is 16.3 Å². The molecular weight excluding hydrogens is 326 g/mol. The third-order valence-electron chi connectivity index (χ3n) is 4.66. The first-order valence-corrected chi connectivity index (χ1v) is 8.30. The lowest BCUT2D eigenvalue weighted by Crippen LogP contribution is -2.40. The van der Waals surface area contributed by atoms with E-state index < -0.39 is 6.10 Å². The molecule has 5 nitrogen and oxygen atoms in total. The number of halogens is 1. The maximum absolute atomic E-state index is 13.0. The molecule has 0 unspecified atom stereocenters. The van der Waals surface area contributed by atoms with Crippen LogP contribution in [0.4, 0.5) is 5.95 Å². The molecule has 3 aromatic rings. The van der Waals surface area contributed by atoms with E-state index in [0.717, 1.165) is 28.9 Å². The van der Waals surface area contributed by atoms with Crippen LogP contribution in [-0.2, 0) is 17.8 Å². The minimum atomic E-state index is -0.509. The van der Waals surface area contributed by atoms with Crippen LogP contribution in [0.5, 0.6) is 5.75 Å². The summed E-state index contributed by atoms with van der Waals surface area (Å²) in [5.41, 5.74) is 2.95. The molecule has 1 atom stereocenters. The molecule has 2 aliphatic rings. The molecule has 3 heterocycles. The van der Waals surface area contributed by atoms with Gasteiger partial charge < -0.3 is 9.30 Å². The number of benzene rings is 2. The lowest BCUT2D eigenvalue weighted by Gasteiger charge is -2.18. The monoisotopic (exact) mass is 339 g/mol. The predicted octanol–water partition coefficient (Wildman–Crippen LogP) is 3.04. The van der Waals surface area contributed by atoms with Crippen LogP contribution in [-0.4, -0.2) is 28.1 Å². The van der Waals surface area contributed by atoms with E-state index in [0.29, 0.717) is 23.9 Å². The molecule has 120 valence electrons. The van der Waals surface area contributed by atoms with Gasteiger partial charge in [0.1, 0.15) is 5.75 Å². The predicted molar refractivity (Wildman–Crippen MR) is 91.7 cm³/mol. The zero-order valence-electron chi connectivity index (χ0n) is 12.8. The minimum Gasteiger partial charge on any atom is -0.480 e. The SMILES string of the molecule is O=C([C@@H]1Cc2cc(Cl)ccc2O1)N1CCn2c1nc1ccccc12. The summed E-state index contributed by atoms with van der Waals surface area (Å²) in [6, 6.07) is 13.4. The van der Waals surface area contributed by atoms with E-state index in [1.54, 1.807) is 11.0 Å². The number of para-hydroxylation sites is 2. The third kappa shape index (κ3) is 1.94. The number of fused-ring (bicyclic) bond motifs is 4. The Morgan fingerprint density at radius 1 is 1.21 bits per heavy atom. The van der Waals surface area contributed by atoms with Gasteiger partial charge in [0.2, 0.25) is 5.95 Å². The first-order chi connectivity index (χ1) is 11.7. The molecule has 0 saturated carbocycles. The maximum atomic E-state index is 13.0. The van der Waals surface area contributed by atoms with Gasteiger partial charge in [-0.3, -0.25) is 9.69 Å². The highest BCUT2D eigenvalue weighted by Crippen LogP contribution is 2.34. The van der Waals surface area contributed by atoms with Crippen LogP contribution >= 0.6 is 11.6 Å². The molecule has 0 radical (unpaired) electrons. The molecule has 0 saturated heterocycles. The summed E-state index contributed by atoms with van der Waals surface area (Å²) in [7, 11) is 0. The number of imidazole rings is 1. The average Bonchev–Trinajstić information content (AvgIpc) is 3.26.